The molecule has 1 aliphatic heterocycles. The third-order valence-electron chi connectivity index (χ3n) is 3.90. The van der Waals surface area contributed by atoms with Crippen LogP contribution in [0.1, 0.15) is 44.9 Å². The zero-order chi connectivity index (χ0) is 9.80. The predicted molar refractivity (Wildman–Crippen MR) is 57.1 cm³/mol. The van der Waals surface area contributed by atoms with Crippen LogP contribution < -0.4 is 5.32 Å². The normalized spacial score (nSPS) is 32.8. The topological polar surface area (TPSA) is 12.0 Å². The Balaban J connectivity index is 1.84. The lowest BCUT2D eigenvalue weighted by molar-refractivity contribution is 0.145. The summed E-state index contributed by atoms with van der Waals surface area (Å²) in [5.41, 5.74) is 0. The van der Waals surface area contributed by atoms with Crippen LogP contribution in [-0.4, -0.2) is 19.3 Å². The van der Waals surface area contributed by atoms with Crippen LogP contribution in [0.15, 0.2) is 0 Å². The van der Waals surface area contributed by atoms with Gasteiger partial charge in [-0.2, -0.15) is 0 Å². The first-order valence-electron chi connectivity index (χ1n) is 6.22. The maximum atomic E-state index is 14.1. The lowest BCUT2D eigenvalue weighted by Gasteiger charge is -2.23. The zero-order valence-corrected chi connectivity index (χ0v) is 8.97. The molecule has 82 valence electrons. The van der Waals surface area contributed by atoms with Crippen LogP contribution in [0.5, 0.6) is 0 Å². The molecular weight excluding hydrogens is 177 g/mol. The summed E-state index contributed by atoms with van der Waals surface area (Å²) >= 11 is 0. The molecule has 0 aromatic carbocycles. The van der Waals surface area contributed by atoms with E-state index in [-0.39, 0.29) is 0 Å². The summed E-state index contributed by atoms with van der Waals surface area (Å²) in [4.78, 5) is 0. The van der Waals surface area contributed by atoms with Gasteiger partial charge in [-0.05, 0) is 31.7 Å². The standard InChI is InChI=1S/C12H22FN/c13-12(11-7-8-14-9-11)10-5-3-1-2-4-6-10/h10-12,14H,1-9H2. The summed E-state index contributed by atoms with van der Waals surface area (Å²) in [6, 6.07) is 0. The van der Waals surface area contributed by atoms with Crippen molar-refractivity contribution in [2.45, 2.75) is 51.1 Å². The minimum absolute atomic E-state index is 0.318. The van der Waals surface area contributed by atoms with E-state index in [1.165, 1.54) is 25.7 Å². The average molecular weight is 199 g/mol. The monoisotopic (exact) mass is 199 g/mol. The third-order valence-corrected chi connectivity index (χ3v) is 3.90. The first-order valence-corrected chi connectivity index (χ1v) is 6.22. The van der Waals surface area contributed by atoms with Crippen LogP contribution in [0.3, 0.4) is 0 Å². The van der Waals surface area contributed by atoms with Crippen molar-refractivity contribution in [1.82, 2.24) is 5.32 Å². The third kappa shape index (κ3) is 2.47. The van der Waals surface area contributed by atoms with E-state index in [9.17, 15) is 4.39 Å². The van der Waals surface area contributed by atoms with Gasteiger partial charge in [-0.3, -0.25) is 0 Å². The minimum Gasteiger partial charge on any atom is -0.316 e. The van der Waals surface area contributed by atoms with Crippen molar-refractivity contribution in [2.24, 2.45) is 11.8 Å². The molecule has 1 saturated carbocycles. The van der Waals surface area contributed by atoms with Gasteiger partial charge in [0.15, 0.2) is 0 Å². The van der Waals surface area contributed by atoms with E-state index >= 15 is 0 Å². The lowest BCUT2D eigenvalue weighted by Crippen LogP contribution is -2.26. The van der Waals surface area contributed by atoms with Crippen LogP contribution in [0, 0.1) is 11.8 Å². The fourth-order valence-corrected chi connectivity index (χ4v) is 2.96. The van der Waals surface area contributed by atoms with Crippen molar-refractivity contribution in [1.29, 1.82) is 0 Å². The van der Waals surface area contributed by atoms with E-state index in [0.717, 1.165) is 32.4 Å². The van der Waals surface area contributed by atoms with E-state index in [4.69, 9.17) is 0 Å². The molecule has 2 fully saturated rings. The second kappa shape index (κ2) is 5.11. The molecule has 0 aromatic rings. The number of nitrogens with one attached hydrogen (secondary N) is 1. The summed E-state index contributed by atoms with van der Waals surface area (Å²) in [5, 5.41) is 3.27. The summed E-state index contributed by atoms with van der Waals surface area (Å²) in [7, 11) is 0. The maximum Gasteiger partial charge on any atom is 0.107 e. The number of rotatable bonds is 2. The van der Waals surface area contributed by atoms with Gasteiger partial charge in [-0.1, -0.05) is 25.7 Å². The number of hydrogen-bond acceptors (Lipinski definition) is 1. The van der Waals surface area contributed by atoms with Crippen LogP contribution in [0.25, 0.3) is 0 Å². The molecule has 1 N–H and O–H groups in total. The molecule has 0 radical (unpaired) electrons. The first-order chi connectivity index (χ1) is 6.88. The van der Waals surface area contributed by atoms with E-state index in [1.54, 1.807) is 0 Å². The first kappa shape index (κ1) is 10.4. The molecule has 0 aromatic heterocycles. The van der Waals surface area contributed by atoms with E-state index < -0.39 is 6.17 Å². The van der Waals surface area contributed by atoms with Crippen LogP contribution in [0.2, 0.25) is 0 Å². The number of halogens is 1. The highest BCUT2D eigenvalue weighted by Crippen LogP contribution is 2.32. The molecular formula is C12H22FN. The van der Waals surface area contributed by atoms with Gasteiger partial charge in [0.1, 0.15) is 6.17 Å². The van der Waals surface area contributed by atoms with Crippen molar-refractivity contribution < 1.29 is 4.39 Å². The van der Waals surface area contributed by atoms with Gasteiger partial charge in [0.2, 0.25) is 0 Å². The Morgan fingerprint density at radius 1 is 0.929 bits per heavy atom. The molecule has 2 rings (SSSR count). The number of alkyl halides is 1. The SMILES string of the molecule is FC(C1CCCCCC1)C1CCNC1. The Morgan fingerprint density at radius 3 is 2.21 bits per heavy atom. The quantitative estimate of drug-likeness (QED) is 0.674. The Hall–Kier alpha value is -0.110. The van der Waals surface area contributed by atoms with Crippen molar-refractivity contribution >= 4 is 0 Å². The lowest BCUT2D eigenvalue weighted by atomic mass is 9.86. The van der Waals surface area contributed by atoms with Crippen LogP contribution in [-0.2, 0) is 0 Å². The summed E-state index contributed by atoms with van der Waals surface area (Å²) in [6.45, 7) is 1.94. The molecule has 0 spiro atoms. The van der Waals surface area contributed by atoms with Crippen molar-refractivity contribution in [3.63, 3.8) is 0 Å². The van der Waals surface area contributed by atoms with Gasteiger partial charge < -0.3 is 5.32 Å². The Morgan fingerprint density at radius 2 is 1.64 bits per heavy atom. The molecule has 1 saturated heterocycles. The second-order valence-corrected chi connectivity index (χ2v) is 4.95. The predicted octanol–water partition coefficient (Wildman–Crippen LogP) is 2.90. The molecule has 0 bridgehead atoms. The fraction of sp³-hybridized carbons (Fsp3) is 1.00. The highest BCUT2D eigenvalue weighted by atomic mass is 19.1. The fourth-order valence-electron chi connectivity index (χ4n) is 2.96. The van der Waals surface area contributed by atoms with Crippen LogP contribution >= 0.6 is 0 Å². The van der Waals surface area contributed by atoms with Gasteiger partial charge in [-0.25, -0.2) is 4.39 Å². The summed E-state index contributed by atoms with van der Waals surface area (Å²) in [6.07, 6.45) is 7.96. The summed E-state index contributed by atoms with van der Waals surface area (Å²) < 4.78 is 14.1. The molecule has 0 amide bonds. The highest BCUT2D eigenvalue weighted by molar-refractivity contribution is 4.83. The maximum absolute atomic E-state index is 14.1. The second-order valence-electron chi connectivity index (χ2n) is 4.95. The van der Waals surface area contributed by atoms with Crippen molar-refractivity contribution in [3.05, 3.63) is 0 Å². The van der Waals surface area contributed by atoms with Gasteiger partial charge in [0.05, 0.1) is 0 Å². The van der Waals surface area contributed by atoms with E-state index in [1.807, 2.05) is 0 Å². The molecule has 2 atom stereocenters. The molecule has 2 unspecified atom stereocenters. The molecule has 1 nitrogen and oxygen atoms in total. The Bertz CT molecular complexity index is 158. The molecule has 14 heavy (non-hydrogen) atoms. The van der Waals surface area contributed by atoms with E-state index in [2.05, 4.69) is 5.32 Å². The van der Waals surface area contributed by atoms with Gasteiger partial charge in [0, 0.05) is 12.5 Å². The highest BCUT2D eigenvalue weighted by Gasteiger charge is 2.31. The van der Waals surface area contributed by atoms with Crippen molar-refractivity contribution in [3.8, 4) is 0 Å². The molecule has 2 aliphatic rings. The van der Waals surface area contributed by atoms with Gasteiger partial charge in [0.25, 0.3) is 0 Å². The molecule has 2 heteroatoms. The van der Waals surface area contributed by atoms with E-state index in [0.29, 0.717) is 11.8 Å². The Kier molecular flexibility index (Phi) is 3.80. The largest absolute Gasteiger partial charge is 0.316 e. The summed E-state index contributed by atoms with van der Waals surface area (Å²) in [5.74, 6) is 0.695. The zero-order valence-electron chi connectivity index (χ0n) is 8.97. The Labute approximate surface area is 86.5 Å². The average Bonchev–Trinajstić information content (AvgIpc) is 2.59. The molecule has 1 heterocycles. The van der Waals surface area contributed by atoms with Gasteiger partial charge >= 0.3 is 0 Å². The smallest absolute Gasteiger partial charge is 0.107 e. The van der Waals surface area contributed by atoms with Gasteiger partial charge in [-0.15, -0.1) is 0 Å². The number of hydrogen-bond donors (Lipinski definition) is 1. The van der Waals surface area contributed by atoms with Crippen molar-refractivity contribution in [2.75, 3.05) is 13.1 Å². The minimum atomic E-state index is -0.525. The van der Waals surface area contributed by atoms with Crippen LogP contribution in [0.4, 0.5) is 4.39 Å². The molecule has 1 aliphatic carbocycles.